The van der Waals surface area contributed by atoms with E-state index in [4.69, 9.17) is 9.47 Å². The Morgan fingerprint density at radius 2 is 1.90 bits per heavy atom. The summed E-state index contributed by atoms with van der Waals surface area (Å²) in [5, 5.41) is 18.4. The van der Waals surface area contributed by atoms with Crippen LogP contribution < -0.4 is 9.47 Å². The Kier molecular flexibility index (Phi) is 7.81. The van der Waals surface area contributed by atoms with Gasteiger partial charge in [0.05, 0.1) is 30.8 Å². The number of aromatic amines is 1. The second-order valence-corrected chi connectivity index (χ2v) is 12.9. The van der Waals surface area contributed by atoms with Gasteiger partial charge < -0.3 is 19.5 Å². The van der Waals surface area contributed by atoms with Crippen molar-refractivity contribution in [3.63, 3.8) is 0 Å². The number of benzene rings is 2. The number of fused-ring (bicyclic) bond motifs is 1. The van der Waals surface area contributed by atoms with E-state index < -0.39 is 21.9 Å². The number of aryl methyl sites for hydroxylation is 2. The maximum absolute atomic E-state index is 13.9. The standard InChI is InChI=1S/C30H37N3O6S/c1-5-7-8-12-39-23-10-9-20(16-24(23)38-6-2)28-25-26(22-15-18(3)14-19(4)29(22)34)31-32-27(25)30(35)33(28)21-11-13-40(36,37)17-21/h9-10,14-16,21,28,34H,5-8,11-13,17H2,1-4H3,(H,31,32). The molecule has 10 heteroatoms. The molecule has 2 unspecified atom stereocenters. The number of unbranched alkanes of at least 4 members (excludes halogenated alkanes) is 2. The molecule has 1 amide bonds. The predicted octanol–water partition coefficient (Wildman–Crippen LogP) is 5.10. The van der Waals surface area contributed by atoms with Crippen molar-refractivity contribution >= 4 is 15.7 Å². The summed E-state index contributed by atoms with van der Waals surface area (Å²) in [7, 11) is -3.26. The summed E-state index contributed by atoms with van der Waals surface area (Å²) >= 11 is 0. The number of carbonyl (C=O) groups is 1. The zero-order chi connectivity index (χ0) is 28.6. The van der Waals surface area contributed by atoms with E-state index >= 15 is 0 Å². The van der Waals surface area contributed by atoms with E-state index in [-0.39, 0.29) is 23.2 Å². The number of nitrogens with zero attached hydrogens (tertiary/aromatic N) is 2. The van der Waals surface area contributed by atoms with Crippen LogP contribution in [0.2, 0.25) is 0 Å². The molecule has 3 heterocycles. The van der Waals surface area contributed by atoms with Crippen LogP contribution in [0, 0.1) is 13.8 Å². The van der Waals surface area contributed by atoms with Gasteiger partial charge in [-0.1, -0.05) is 31.9 Å². The molecule has 0 radical (unpaired) electrons. The lowest BCUT2D eigenvalue weighted by Crippen LogP contribution is -2.40. The first-order valence-electron chi connectivity index (χ1n) is 14.0. The average Bonchev–Trinajstić information content (AvgIpc) is 3.58. The second-order valence-electron chi connectivity index (χ2n) is 10.7. The minimum absolute atomic E-state index is 0.0415. The monoisotopic (exact) mass is 567 g/mol. The number of nitrogens with one attached hydrogen (secondary N) is 1. The quantitative estimate of drug-likeness (QED) is 0.327. The lowest BCUT2D eigenvalue weighted by Gasteiger charge is -2.31. The topological polar surface area (TPSA) is 122 Å². The second kappa shape index (κ2) is 11.2. The smallest absolute Gasteiger partial charge is 0.273 e. The Morgan fingerprint density at radius 3 is 2.60 bits per heavy atom. The van der Waals surface area contributed by atoms with Crippen LogP contribution in [0.5, 0.6) is 17.2 Å². The molecule has 5 rings (SSSR count). The first-order chi connectivity index (χ1) is 19.1. The van der Waals surface area contributed by atoms with Gasteiger partial charge in [-0.3, -0.25) is 9.89 Å². The zero-order valence-electron chi connectivity index (χ0n) is 23.5. The molecule has 1 aromatic heterocycles. The molecular weight excluding hydrogens is 530 g/mol. The predicted molar refractivity (Wildman–Crippen MR) is 153 cm³/mol. The van der Waals surface area contributed by atoms with E-state index in [2.05, 4.69) is 17.1 Å². The minimum atomic E-state index is -3.26. The molecule has 0 spiro atoms. The van der Waals surface area contributed by atoms with Crippen molar-refractivity contribution in [2.45, 2.75) is 65.5 Å². The highest BCUT2D eigenvalue weighted by atomic mass is 32.2. The van der Waals surface area contributed by atoms with E-state index in [1.165, 1.54) is 0 Å². The van der Waals surface area contributed by atoms with Crippen LogP contribution >= 0.6 is 0 Å². The summed E-state index contributed by atoms with van der Waals surface area (Å²) in [6.45, 7) is 8.81. The number of H-pyrrole nitrogens is 1. The molecule has 2 aromatic carbocycles. The number of aromatic nitrogens is 2. The highest BCUT2D eigenvalue weighted by molar-refractivity contribution is 7.91. The molecule has 40 heavy (non-hydrogen) atoms. The maximum Gasteiger partial charge on any atom is 0.273 e. The number of hydrogen-bond acceptors (Lipinski definition) is 7. The number of amides is 1. The van der Waals surface area contributed by atoms with Gasteiger partial charge in [0.2, 0.25) is 0 Å². The van der Waals surface area contributed by atoms with Crippen molar-refractivity contribution in [2.75, 3.05) is 24.7 Å². The molecule has 1 fully saturated rings. The van der Waals surface area contributed by atoms with E-state index in [9.17, 15) is 18.3 Å². The summed E-state index contributed by atoms with van der Waals surface area (Å²) in [5.41, 5.74) is 4.33. The zero-order valence-corrected chi connectivity index (χ0v) is 24.3. The number of carbonyl (C=O) groups excluding carboxylic acids is 1. The van der Waals surface area contributed by atoms with Crippen LogP contribution in [0.15, 0.2) is 30.3 Å². The Morgan fingerprint density at radius 1 is 1.10 bits per heavy atom. The van der Waals surface area contributed by atoms with Gasteiger partial charge in [0.1, 0.15) is 17.1 Å². The van der Waals surface area contributed by atoms with Gasteiger partial charge in [-0.15, -0.1) is 0 Å². The highest BCUT2D eigenvalue weighted by Crippen LogP contribution is 2.48. The van der Waals surface area contributed by atoms with Crippen molar-refractivity contribution in [1.82, 2.24) is 15.1 Å². The molecule has 2 N–H and O–H groups in total. The van der Waals surface area contributed by atoms with Crippen molar-refractivity contribution < 1.29 is 27.8 Å². The fourth-order valence-electron chi connectivity index (χ4n) is 5.83. The molecule has 2 aliphatic rings. The Hall–Kier alpha value is -3.53. The molecular formula is C30H37N3O6S. The maximum atomic E-state index is 13.9. The Labute approximate surface area is 235 Å². The number of hydrogen-bond donors (Lipinski definition) is 2. The largest absolute Gasteiger partial charge is 0.507 e. The van der Waals surface area contributed by atoms with E-state index in [1.54, 1.807) is 4.90 Å². The van der Waals surface area contributed by atoms with E-state index in [0.29, 0.717) is 59.2 Å². The Bertz CT molecular complexity index is 1530. The summed E-state index contributed by atoms with van der Waals surface area (Å²) in [6, 6.07) is 8.26. The highest BCUT2D eigenvalue weighted by Gasteiger charge is 2.48. The minimum Gasteiger partial charge on any atom is -0.507 e. The number of ether oxygens (including phenoxy) is 2. The van der Waals surface area contributed by atoms with Crippen LogP contribution in [0.25, 0.3) is 11.3 Å². The molecule has 1 saturated heterocycles. The van der Waals surface area contributed by atoms with Crippen molar-refractivity contribution in [3.05, 3.63) is 58.3 Å². The summed E-state index contributed by atoms with van der Waals surface area (Å²) in [5.74, 6) is 0.936. The number of phenolic OH excluding ortho intramolecular Hbond substituents is 1. The van der Waals surface area contributed by atoms with Crippen LogP contribution in [0.3, 0.4) is 0 Å². The molecule has 0 aliphatic carbocycles. The van der Waals surface area contributed by atoms with E-state index in [1.807, 2.05) is 51.1 Å². The SMILES string of the molecule is CCCCCOc1ccc(C2c3c(-c4cc(C)cc(C)c4O)n[nH]c3C(=O)N2C2CCS(=O)(=O)C2)cc1OCC. The third-order valence-corrected chi connectivity index (χ3v) is 9.44. The van der Waals surface area contributed by atoms with Gasteiger partial charge in [-0.25, -0.2) is 8.42 Å². The molecule has 2 atom stereocenters. The summed E-state index contributed by atoms with van der Waals surface area (Å²) in [4.78, 5) is 15.5. The van der Waals surface area contributed by atoms with Gasteiger partial charge >= 0.3 is 0 Å². The third-order valence-electron chi connectivity index (χ3n) is 7.69. The molecule has 2 aliphatic heterocycles. The molecule has 3 aromatic rings. The fraction of sp³-hybridized carbons (Fsp3) is 0.467. The van der Waals surface area contributed by atoms with Gasteiger partial charge in [-0.2, -0.15) is 5.10 Å². The van der Waals surface area contributed by atoms with Crippen LogP contribution in [0.4, 0.5) is 0 Å². The molecule has 214 valence electrons. The lowest BCUT2D eigenvalue weighted by molar-refractivity contribution is 0.0677. The van der Waals surface area contributed by atoms with Crippen molar-refractivity contribution in [3.8, 4) is 28.5 Å². The fourth-order valence-corrected chi connectivity index (χ4v) is 7.54. The summed E-state index contributed by atoms with van der Waals surface area (Å²) < 4.78 is 36.9. The normalized spacial score (nSPS) is 19.7. The first-order valence-corrected chi connectivity index (χ1v) is 15.8. The molecule has 0 saturated carbocycles. The number of aromatic hydroxyl groups is 1. The third kappa shape index (κ3) is 5.16. The van der Waals surface area contributed by atoms with Gasteiger partial charge in [0, 0.05) is 17.2 Å². The average molecular weight is 568 g/mol. The number of rotatable bonds is 10. The lowest BCUT2D eigenvalue weighted by atomic mass is 9.93. The van der Waals surface area contributed by atoms with Crippen LogP contribution in [0.1, 0.15) is 78.3 Å². The first kappa shape index (κ1) is 28.0. The molecule has 0 bridgehead atoms. The van der Waals surface area contributed by atoms with Crippen LogP contribution in [-0.2, 0) is 9.84 Å². The van der Waals surface area contributed by atoms with Crippen molar-refractivity contribution in [2.24, 2.45) is 0 Å². The Balaban J connectivity index is 1.64. The number of sulfone groups is 1. The van der Waals surface area contributed by atoms with Crippen molar-refractivity contribution in [1.29, 1.82) is 0 Å². The van der Waals surface area contributed by atoms with E-state index in [0.717, 1.165) is 30.4 Å². The van der Waals surface area contributed by atoms with Gasteiger partial charge in [0.15, 0.2) is 21.3 Å². The van der Waals surface area contributed by atoms with Gasteiger partial charge in [0.25, 0.3) is 5.91 Å². The number of phenols is 1. The molecule has 9 nitrogen and oxygen atoms in total. The van der Waals surface area contributed by atoms with Crippen LogP contribution in [-0.4, -0.2) is 65.3 Å². The van der Waals surface area contributed by atoms with Gasteiger partial charge in [-0.05, 0) is 68.5 Å². The summed E-state index contributed by atoms with van der Waals surface area (Å²) in [6.07, 6.45) is 3.46.